The summed E-state index contributed by atoms with van der Waals surface area (Å²) in [4.78, 5) is 18.6. The van der Waals surface area contributed by atoms with Crippen molar-refractivity contribution in [3.8, 4) is 11.3 Å². The molecule has 21 heavy (non-hydrogen) atoms. The summed E-state index contributed by atoms with van der Waals surface area (Å²) in [5, 5.41) is 0. The number of nitrogens with two attached hydrogens (primary N) is 1. The molecule has 2 rings (SSSR count). The third-order valence-electron chi connectivity index (χ3n) is 2.80. The van der Waals surface area contributed by atoms with Crippen LogP contribution in [-0.2, 0) is 17.4 Å². The van der Waals surface area contributed by atoms with Gasteiger partial charge in [0.1, 0.15) is 0 Å². The molecule has 2 aromatic rings. The fraction of sp³-hybridized carbons (Fsp3) is 0.214. The smallest absolute Gasteiger partial charge is 0.369 e. The molecule has 0 saturated heterocycles. The number of carbonyl (C=O) groups excluding carboxylic acids is 1. The highest BCUT2D eigenvalue weighted by atomic mass is 19.4. The first kappa shape index (κ1) is 15.0. The predicted octanol–water partition coefficient (Wildman–Crippen LogP) is 2.50. The number of hydrogen-bond donors (Lipinski definition) is 1. The number of hydrogen-bond acceptors (Lipinski definition) is 3. The van der Waals surface area contributed by atoms with Gasteiger partial charge in [0.25, 0.3) is 0 Å². The van der Waals surface area contributed by atoms with E-state index in [1.807, 2.05) is 0 Å². The molecule has 2 aromatic heterocycles. The van der Waals surface area contributed by atoms with Gasteiger partial charge < -0.3 is 5.73 Å². The zero-order valence-corrected chi connectivity index (χ0v) is 11.1. The van der Waals surface area contributed by atoms with Crippen LogP contribution in [0.15, 0.2) is 30.6 Å². The van der Waals surface area contributed by atoms with E-state index in [0.29, 0.717) is 11.3 Å². The first-order valence-electron chi connectivity index (χ1n) is 6.05. The molecule has 7 heteroatoms. The van der Waals surface area contributed by atoms with Crippen molar-refractivity contribution < 1.29 is 18.0 Å². The second kappa shape index (κ2) is 5.51. The van der Waals surface area contributed by atoms with Crippen molar-refractivity contribution in [2.24, 2.45) is 5.73 Å². The number of nitrogens with zero attached hydrogens (tertiary/aromatic N) is 2. The molecular weight excluding hydrogens is 283 g/mol. The van der Waals surface area contributed by atoms with Crippen LogP contribution in [0.2, 0.25) is 0 Å². The van der Waals surface area contributed by atoms with E-state index in [2.05, 4.69) is 9.97 Å². The van der Waals surface area contributed by atoms with Gasteiger partial charge >= 0.3 is 6.18 Å². The number of pyridine rings is 2. The van der Waals surface area contributed by atoms with E-state index in [0.717, 1.165) is 6.07 Å². The van der Waals surface area contributed by atoms with Crippen molar-refractivity contribution >= 4 is 5.91 Å². The molecule has 0 spiro atoms. The van der Waals surface area contributed by atoms with Gasteiger partial charge in [-0.2, -0.15) is 13.2 Å². The van der Waals surface area contributed by atoms with Gasteiger partial charge in [-0.25, -0.2) is 0 Å². The lowest BCUT2D eigenvalue weighted by molar-refractivity contribution is -0.137. The van der Waals surface area contributed by atoms with E-state index in [-0.39, 0.29) is 17.7 Å². The number of primary amides is 1. The summed E-state index contributed by atoms with van der Waals surface area (Å²) in [5.41, 5.74) is 4.94. The Morgan fingerprint density at radius 2 is 2.00 bits per heavy atom. The summed E-state index contributed by atoms with van der Waals surface area (Å²) in [5.74, 6) is -0.711. The van der Waals surface area contributed by atoms with Gasteiger partial charge in [-0.05, 0) is 30.7 Å². The van der Waals surface area contributed by atoms with E-state index >= 15 is 0 Å². The topological polar surface area (TPSA) is 68.9 Å². The Bertz CT molecular complexity index is 683. The van der Waals surface area contributed by atoms with E-state index in [1.54, 1.807) is 6.92 Å². The molecular formula is C14H12F3N3O. The minimum atomic E-state index is -4.58. The molecule has 2 heterocycles. The predicted molar refractivity (Wildman–Crippen MR) is 70.1 cm³/mol. The van der Waals surface area contributed by atoms with Crippen LogP contribution in [0.25, 0.3) is 11.3 Å². The van der Waals surface area contributed by atoms with Crippen molar-refractivity contribution in [2.75, 3.05) is 0 Å². The van der Waals surface area contributed by atoms with E-state index in [4.69, 9.17) is 5.73 Å². The third-order valence-corrected chi connectivity index (χ3v) is 2.80. The van der Waals surface area contributed by atoms with Gasteiger partial charge in [0.05, 0.1) is 17.7 Å². The van der Waals surface area contributed by atoms with Crippen LogP contribution in [0.5, 0.6) is 0 Å². The highest BCUT2D eigenvalue weighted by Gasteiger charge is 2.35. The first-order chi connectivity index (χ1) is 9.77. The Kier molecular flexibility index (Phi) is 3.93. The average Bonchev–Trinajstić information content (AvgIpc) is 2.37. The quantitative estimate of drug-likeness (QED) is 0.946. The first-order valence-corrected chi connectivity index (χ1v) is 6.05. The summed E-state index contributed by atoms with van der Waals surface area (Å²) >= 11 is 0. The Balaban J connectivity index is 2.58. The number of aromatic nitrogens is 2. The molecule has 110 valence electrons. The Morgan fingerprint density at radius 3 is 2.57 bits per heavy atom. The zero-order chi connectivity index (χ0) is 15.6. The van der Waals surface area contributed by atoms with Crippen molar-refractivity contribution in [3.63, 3.8) is 0 Å². The largest absolute Gasteiger partial charge is 0.418 e. The maximum atomic E-state index is 13.2. The molecule has 4 nitrogen and oxygen atoms in total. The zero-order valence-electron chi connectivity index (χ0n) is 11.1. The Morgan fingerprint density at radius 1 is 1.29 bits per heavy atom. The van der Waals surface area contributed by atoms with E-state index < -0.39 is 17.6 Å². The lowest BCUT2D eigenvalue weighted by Crippen LogP contribution is -2.15. The van der Waals surface area contributed by atoms with Crippen LogP contribution < -0.4 is 5.73 Å². The lowest BCUT2D eigenvalue weighted by Gasteiger charge is -2.13. The van der Waals surface area contributed by atoms with Crippen molar-refractivity contribution in [3.05, 3.63) is 47.4 Å². The molecule has 1 amide bonds. The Labute approximate surface area is 118 Å². The van der Waals surface area contributed by atoms with Gasteiger partial charge in [-0.15, -0.1) is 0 Å². The standard InChI is InChI=1S/C14H12F3N3O/c1-8-4-10(2-3-19-8)13-11(14(15,16)17)5-9(7-20-13)6-12(18)21/h2-5,7H,6H2,1H3,(H2,18,21). The molecule has 0 saturated carbocycles. The molecule has 0 aliphatic heterocycles. The van der Waals surface area contributed by atoms with Crippen LogP contribution >= 0.6 is 0 Å². The molecule has 0 bridgehead atoms. The second-order valence-electron chi connectivity index (χ2n) is 4.57. The minimum absolute atomic E-state index is 0.129. The second-order valence-corrected chi connectivity index (χ2v) is 4.57. The summed E-state index contributed by atoms with van der Waals surface area (Å²) in [6.45, 7) is 1.68. The highest BCUT2D eigenvalue weighted by Crippen LogP contribution is 2.36. The van der Waals surface area contributed by atoms with Gasteiger partial charge in [-0.1, -0.05) is 0 Å². The SMILES string of the molecule is Cc1cc(-c2ncc(CC(N)=O)cc2C(F)(F)F)ccn1. The summed E-state index contributed by atoms with van der Waals surface area (Å²) in [7, 11) is 0. The summed E-state index contributed by atoms with van der Waals surface area (Å²) in [6.07, 6.45) is -2.21. The van der Waals surface area contributed by atoms with Crippen molar-refractivity contribution in [1.82, 2.24) is 9.97 Å². The molecule has 0 radical (unpaired) electrons. The highest BCUT2D eigenvalue weighted by molar-refractivity contribution is 5.77. The molecule has 0 aliphatic carbocycles. The van der Waals surface area contributed by atoms with Crippen LogP contribution in [0.3, 0.4) is 0 Å². The number of rotatable bonds is 3. The number of carbonyl (C=O) groups is 1. The van der Waals surface area contributed by atoms with E-state index in [9.17, 15) is 18.0 Å². The average molecular weight is 295 g/mol. The number of amides is 1. The van der Waals surface area contributed by atoms with E-state index in [1.165, 1.54) is 24.5 Å². The number of aryl methyl sites for hydroxylation is 1. The van der Waals surface area contributed by atoms with Gasteiger partial charge in [0, 0.05) is 23.7 Å². The summed E-state index contributed by atoms with van der Waals surface area (Å²) in [6, 6.07) is 3.88. The lowest BCUT2D eigenvalue weighted by atomic mass is 10.0. The minimum Gasteiger partial charge on any atom is -0.369 e. The monoisotopic (exact) mass is 295 g/mol. The van der Waals surface area contributed by atoms with Crippen LogP contribution in [0.1, 0.15) is 16.8 Å². The number of alkyl halides is 3. The van der Waals surface area contributed by atoms with Crippen LogP contribution in [0.4, 0.5) is 13.2 Å². The normalized spacial score (nSPS) is 11.4. The maximum absolute atomic E-state index is 13.2. The molecule has 0 aromatic carbocycles. The van der Waals surface area contributed by atoms with Crippen LogP contribution in [-0.4, -0.2) is 15.9 Å². The third kappa shape index (κ3) is 3.56. The van der Waals surface area contributed by atoms with Gasteiger partial charge in [0.2, 0.25) is 5.91 Å². The van der Waals surface area contributed by atoms with Crippen molar-refractivity contribution in [2.45, 2.75) is 19.5 Å². The molecule has 0 atom stereocenters. The molecule has 2 N–H and O–H groups in total. The Hall–Kier alpha value is -2.44. The molecule has 0 fully saturated rings. The molecule has 0 unspecified atom stereocenters. The van der Waals surface area contributed by atoms with Crippen molar-refractivity contribution in [1.29, 1.82) is 0 Å². The fourth-order valence-corrected chi connectivity index (χ4v) is 1.94. The van der Waals surface area contributed by atoms with Gasteiger partial charge in [-0.3, -0.25) is 14.8 Å². The van der Waals surface area contributed by atoms with Gasteiger partial charge in [0.15, 0.2) is 0 Å². The molecule has 0 aliphatic rings. The fourth-order valence-electron chi connectivity index (χ4n) is 1.94. The summed E-state index contributed by atoms with van der Waals surface area (Å²) < 4.78 is 39.5. The maximum Gasteiger partial charge on any atom is 0.418 e. The number of halogens is 3. The van der Waals surface area contributed by atoms with Crippen LogP contribution in [0, 0.1) is 6.92 Å².